The van der Waals surface area contributed by atoms with Gasteiger partial charge in [-0.3, -0.25) is 0 Å². The van der Waals surface area contributed by atoms with Gasteiger partial charge in [0.15, 0.2) is 5.16 Å². The van der Waals surface area contributed by atoms with Crippen LogP contribution in [-0.2, 0) is 18.8 Å². The third kappa shape index (κ3) is 4.04. The molecule has 2 rings (SSSR count). The molecule has 104 valence electrons. The predicted octanol–water partition coefficient (Wildman–Crippen LogP) is 2.40. The normalized spacial score (nSPS) is 10.2. The average molecular weight is 318 g/mol. The van der Waals surface area contributed by atoms with E-state index < -0.39 is 0 Å². The van der Waals surface area contributed by atoms with E-state index in [1.165, 1.54) is 0 Å². The van der Waals surface area contributed by atoms with Crippen molar-refractivity contribution >= 4 is 35.5 Å². The van der Waals surface area contributed by atoms with Crippen molar-refractivity contribution in [3.05, 3.63) is 34.6 Å². The van der Waals surface area contributed by atoms with Crippen LogP contribution >= 0.6 is 35.5 Å². The predicted molar refractivity (Wildman–Crippen MR) is 81.8 cm³/mol. The lowest BCUT2D eigenvalue weighted by atomic mass is 10.5. The standard InChI is InChI=1S/C11H15N5S2.ClH/c1-3-4-16-9(5-12)14-15-11(16)18-7-10-13-8(2)6-17-10;/h3,6H,1,4-5,7,12H2,2H3;1H. The number of nitrogens with zero attached hydrogens (tertiary/aromatic N) is 4. The molecule has 0 spiro atoms. The summed E-state index contributed by atoms with van der Waals surface area (Å²) >= 11 is 3.29. The molecule has 0 unspecified atom stereocenters. The smallest absolute Gasteiger partial charge is 0.191 e. The van der Waals surface area contributed by atoms with Crippen LogP contribution in [0.2, 0.25) is 0 Å². The molecule has 0 radical (unpaired) electrons. The van der Waals surface area contributed by atoms with Gasteiger partial charge in [0.2, 0.25) is 0 Å². The molecule has 5 nitrogen and oxygen atoms in total. The van der Waals surface area contributed by atoms with Gasteiger partial charge in [-0.05, 0) is 6.92 Å². The Labute approximate surface area is 126 Å². The number of thiazole rings is 1. The van der Waals surface area contributed by atoms with E-state index in [-0.39, 0.29) is 12.4 Å². The van der Waals surface area contributed by atoms with Crippen LogP contribution in [0.1, 0.15) is 16.5 Å². The Hall–Kier alpha value is -0.890. The third-order valence-electron chi connectivity index (χ3n) is 2.28. The Kier molecular flexibility index (Phi) is 6.50. The summed E-state index contributed by atoms with van der Waals surface area (Å²) < 4.78 is 1.98. The van der Waals surface area contributed by atoms with Gasteiger partial charge in [-0.1, -0.05) is 17.8 Å². The van der Waals surface area contributed by atoms with E-state index in [0.29, 0.717) is 13.1 Å². The molecule has 0 aromatic carbocycles. The Balaban J connectivity index is 0.00000180. The summed E-state index contributed by atoms with van der Waals surface area (Å²) in [6.45, 7) is 6.80. The summed E-state index contributed by atoms with van der Waals surface area (Å²) in [6, 6.07) is 0. The Morgan fingerprint density at radius 3 is 2.89 bits per heavy atom. The average Bonchev–Trinajstić information content (AvgIpc) is 2.94. The molecule has 0 bridgehead atoms. The molecule has 0 saturated carbocycles. The second-order valence-electron chi connectivity index (χ2n) is 3.67. The summed E-state index contributed by atoms with van der Waals surface area (Å²) in [6.07, 6.45) is 1.82. The third-order valence-corrected chi connectivity index (χ3v) is 4.41. The second-order valence-corrected chi connectivity index (χ2v) is 5.56. The first-order valence-corrected chi connectivity index (χ1v) is 7.38. The fourth-order valence-electron chi connectivity index (χ4n) is 1.48. The lowest BCUT2D eigenvalue weighted by Gasteiger charge is -2.05. The van der Waals surface area contributed by atoms with Crippen LogP contribution in [0.5, 0.6) is 0 Å². The summed E-state index contributed by atoms with van der Waals surface area (Å²) in [5.41, 5.74) is 6.69. The maximum Gasteiger partial charge on any atom is 0.191 e. The van der Waals surface area contributed by atoms with Crippen LogP contribution in [0, 0.1) is 6.92 Å². The second kappa shape index (κ2) is 7.64. The minimum absolute atomic E-state index is 0. The molecular weight excluding hydrogens is 302 g/mol. The van der Waals surface area contributed by atoms with Crippen molar-refractivity contribution in [3.8, 4) is 0 Å². The van der Waals surface area contributed by atoms with Gasteiger partial charge in [0.25, 0.3) is 0 Å². The maximum atomic E-state index is 5.63. The van der Waals surface area contributed by atoms with Gasteiger partial charge in [-0.2, -0.15) is 0 Å². The van der Waals surface area contributed by atoms with Gasteiger partial charge >= 0.3 is 0 Å². The number of hydrogen-bond donors (Lipinski definition) is 1. The molecule has 2 aromatic heterocycles. The number of rotatable bonds is 6. The molecule has 0 aliphatic carbocycles. The number of hydrogen-bond acceptors (Lipinski definition) is 6. The molecule has 0 amide bonds. The van der Waals surface area contributed by atoms with Crippen molar-refractivity contribution < 1.29 is 0 Å². The van der Waals surface area contributed by atoms with E-state index in [2.05, 4.69) is 27.1 Å². The van der Waals surface area contributed by atoms with Gasteiger partial charge in [-0.25, -0.2) is 4.98 Å². The van der Waals surface area contributed by atoms with Gasteiger partial charge in [0.1, 0.15) is 10.8 Å². The molecular formula is C11H16ClN5S2. The molecule has 8 heteroatoms. The topological polar surface area (TPSA) is 69.6 Å². The first-order chi connectivity index (χ1) is 8.74. The molecule has 2 N–H and O–H groups in total. The molecule has 0 aliphatic heterocycles. The summed E-state index contributed by atoms with van der Waals surface area (Å²) in [5.74, 6) is 1.59. The van der Waals surface area contributed by atoms with E-state index in [1.807, 2.05) is 17.6 Å². The largest absolute Gasteiger partial charge is 0.324 e. The molecule has 0 atom stereocenters. The van der Waals surface area contributed by atoms with Gasteiger partial charge in [0.05, 0.1) is 12.3 Å². The summed E-state index contributed by atoms with van der Waals surface area (Å²) in [7, 11) is 0. The number of aryl methyl sites for hydroxylation is 1. The Morgan fingerprint density at radius 2 is 2.32 bits per heavy atom. The highest BCUT2D eigenvalue weighted by atomic mass is 35.5. The van der Waals surface area contributed by atoms with Crippen molar-refractivity contribution in [1.29, 1.82) is 0 Å². The number of thioether (sulfide) groups is 1. The first-order valence-electron chi connectivity index (χ1n) is 5.51. The Bertz CT molecular complexity index is 537. The molecule has 0 saturated heterocycles. The SMILES string of the molecule is C=CCn1c(CN)nnc1SCc1nc(C)cs1.Cl. The molecule has 19 heavy (non-hydrogen) atoms. The van der Waals surface area contributed by atoms with Crippen LogP contribution in [0.25, 0.3) is 0 Å². The van der Waals surface area contributed by atoms with E-state index in [0.717, 1.165) is 27.4 Å². The van der Waals surface area contributed by atoms with Crippen LogP contribution in [-0.4, -0.2) is 19.7 Å². The number of nitrogens with two attached hydrogens (primary N) is 1. The fraction of sp³-hybridized carbons (Fsp3) is 0.364. The van der Waals surface area contributed by atoms with E-state index >= 15 is 0 Å². The zero-order chi connectivity index (χ0) is 13.0. The van der Waals surface area contributed by atoms with Crippen LogP contribution in [0.4, 0.5) is 0 Å². The molecule has 2 heterocycles. The zero-order valence-corrected chi connectivity index (χ0v) is 13.0. The van der Waals surface area contributed by atoms with Crippen LogP contribution < -0.4 is 5.73 Å². The van der Waals surface area contributed by atoms with Crippen LogP contribution in [0.15, 0.2) is 23.2 Å². The van der Waals surface area contributed by atoms with Gasteiger partial charge in [-0.15, -0.1) is 40.5 Å². The van der Waals surface area contributed by atoms with E-state index in [9.17, 15) is 0 Å². The molecule has 2 aromatic rings. The van der Waals surface area contributed by atoms with Crippen molar-refractivity contribution in [2.75, 3.05) is 0 Å². The highest BCUT2D eigenvalue weighted by Crippen LogP contribution is 2.23. The summed E-state index contributed by atoms with van der Waals surface area (Å²) in [5, 5.41) is 12.2. The number of allylic oxidation sites excluding steroid dienone is 1. The number of aromatic nitrogens is 4. The molecule has 0 aliphatic rings. The van der Waals surface area contributed by atoms with Crippen molar-refractivity contribution in [2.24, 2.45) is 5.73 Å². The van der Waals surface area contributed by atoms with E-state index in [1.54, 1.807) is 23.1 Å². The number of halogens is 1. The van der Waals surface area contributed by atoms with Gasteiger partial charge in [0, 0.05) is 17.6 Å². The first kappa shape index (κ1) is 16.2. The van der Waals surface area contributed by atoms with Crippen LogP contribution in [0.3, 0.4) is 0 Å². The highest BCUT2D eigenvalue weighted by Gasteiger charge is 2.11. The van der Waals surface area contributed by atoms with Crippen molar-refractivity contribution in [3.63, 3.8) is 0 Å². The Morgan fingerprint density at radius 1 is 1.53 bits per heavy atom. The monoisotopic (exact) mass is 317 g/mol. The van der Waals surface area contributed by atoms with Crippen molar-refractivity contribution in [1.82, 2.24) is 19.7 Å². The minimum Gasteiger partial charge on any atom is -0.324 e. The zero-order valence-electron chi connectivity index (χ0n) is 10.6. The van der Waals surface area contributed by atoms with E-state index in [4.69, 9.17) is 5.73 Å². The molecule has 0 fully saturated rings. The highest BCUT2D eigenvalue weighted by molar-refractivity contribution is 7.98. The van der Waals surface area contributed by atoms with Gasteiger partial charge < -0.3 is 10.3 Å². The quantitative estimate of drug-likeness (QED) is 0.654. The fourth-order valence-corrected chi connectivity index (χ4v) is 3.24. The maximum absolute atomic E-state index is 5.63. The summed E-state index contributed by atoms with van der Waals surface area (Å²) in [4.78, 5) is 4.42. The minimum atomic E-state index is 0. The van der Waals surface area contributed by atoms with Crippen molar-refractivity contribution in [2.45, 2.75) is 30.9 Å². The lowest BCUT2D eigenvalue weighted by molar-refractivity contribution is 0.680. The lowest BCUT2D eigenvalue weighted by Crippen LogP contribution is -2.08.